The van der Waals surface area contributed by atoms with Crippen LogP contribution in [0.3, 0.4) is 0 Å². The van der Waals surface area contributed by atoms with Crippen molar-refractivity contribution in [3.63, 3.8) is 0 Å². The molecule has 0 saturated heterocycles. The van der Waals surface area contributed by atoms with E-state index in [2.05, 4.69) is 5.32 Å². The second kappa shape index (κ2) is 4.03. The van der Waals surface area contributed by atoms with Crippen molar-refractivity contribution < 1.29 is 4.39 Å². The lowest BCUT2D eigenvalue weighted by molar-refractivity contribution is 0.620. The van der Waals surface area contributed by atoms with E-state index in [1.54, 1.807) is 0 Å². The van der Waals surface area contributed by atoms with Crippen LogP contribution in [-0.2, 0) is 0 Å². The standard InChI is InChI=1S/C12H15FN2/c1-8-6-10(14)7-11(13)12(8)9-2-4-15-5-3-9/h2,6-7,15H,3-5,14H2,1H3. The Kier molecular flexibility index (Phi) is 2.73. The SMILES string of the molecule is Cc1cc(N)cc(F)c1C1=CCNCC1. The number of aryl methyl sites for hydroxylation is 1. The number of nitrogen functional groups attached to an aromatic ring is 1. The van der Waals surface area contributed by atoms with Gasteiger partial charge in [-0.1, -0.05) is 6.08 Å². The second-order valence-corrected chi connectivity index (χ2v) is 3.88. The number of nitrogens with two attached hydrogens (primary N) is 1. The van der Waals surface area contributed by atoms with Crippen LogP contribution < -0.4 is 11.1 Å². The molecule has 0 fully saturated rings. The molecule has 0 amide bonds. The zero-order valence-electron chi connectivity index (χ0n) is 8.81. The van der Waals surface area contributed by atoms with Gasteiger partial charge in [0.1, 0.15) is 5.82 Å². The fourth-order valence-electron chi connectivity index (χ4n) is 2.03. The predicted molar refractivity (Wildman–Crippen MR) is 61.0 cm³/mol. The van der Waals surface area contributed by atoms with Crippen molar-refractivity contribution in [1.82, 2.24) is 5.32 Å². The lowest BCUT2D eigenvalue weighted by atomic mass is 9.95. The Morgan fingerprint density at radius 3 is 2.80 bits per heavy atom. The van der Waals surface area contributed by atoms with E-state index < -0.39 is 0 Å². The summed E-state index contributed by atoms with van der Waals surface area (Å²) in [5, 5.41) is 3.21. The van der Waals surface area contributed by atoms with Gasteiger partial charge in [0.2, 0.25) is 0 Å². The summed E-state index contributed by atoms with van der Waals surface area (Å²) in [6.07, 6.45) is 2.92. The molecule has 0 unspecified atom stereocenters. The minimum absolute atomic E-state index is 0.208. The maximum atomic E-state index is 13.8. The van der Waals surface area contributed by atoms with Crippen molar-refractivity contribution in [2.75, 3.05) is 18.8 Å². The second-order valence-electron chi connectivity index (χ2n) is 3.88. The van der Waals surface area contributed by atoms with Gasteiger partial charge < -0.3 is 11.1 Å². The van der Waals surface area contributed by atoms with Gasteiger partial charge in [-0.2, -0.15) is 0 Å². The molecule has 0 atom stereocenters. The lowest BCUT2D eigenvalue weighted by Crippen LogP contribution is -2.20. The van der Waals surface area contributed by atoms with Crippen LogP contribution >= 0.6 is 0 Å². The fourth-order valence-corrected chi connectivity index (χ4v) is 2.03. The summed E-state index contributed by atoms with van der Waals surface area (Å²) in [5.41, 5.74) is 8.81. The molecule has 0 aliphatic carbocycles. The largest absolute Gasteiger partial charge is 0.399 e. The molecule has 0 radical (unpaired) electrons. The maximum absolute atomic E-state index is 13.8. The monoisotopic (exact) mass is 206 g/mol. The Labute approximate surface area is 89.0 Å². The average molecular weight is 206 g/mol. The van der Waals surface area contributed by atoms with E-state index in [1.165, 1.54) is 6.07 Å². The third kappa shape index (κ3) is 2.02. The summed E-state index contributed by atoms with van der Waals surface area (Å²) >= 11 is 0. The number of rotatable bonds is 1. The third-order valence-corrected chi connectivity index (χ3v) is 2.69. The van der Waals surface area contributed by atoms with Crippen molar-refractivity contribution in [2.24, 2.45) is 0 Å². The van der Waals surface area contributed by atoms with E-state index in [0.717, 1.165) is 36.2 Å². The molecule has 1 aliphatic heterocycles. The Hall–Kier alpha value is -1.35. The van der Waals surface area contributed by atoms with Crippen LogP contribution in [0.5, 0.6) is 0 Å². The minimum atomic E-state index is -0.208. The first kappa shape index (κ1) is 10.2. The number of anilines is 1. The van der Waals surface area contributed by atoms with Crippen LogP contribution in [-0.4, -0.2) is 13.1 Å². The first-order chi connectivity index (χ1) is 7.18. The third-order valence-electron chi connectivity index (χ3n) is 2.69. The smallest absolute Gasteiger partial charge is 0.133 e. The van der Waals surface area contributed by atoms with Gasteiger partial charge in [-0.25, -0.2) is 4.39 Å². The van der Waals surface area contributed by atoms with E-state index in [9.17, 15) is 4.39 Å². The Bertz CT molecular complexity index is 387. The minimum Gasteiger partial charge on any atom is -0.399 e. The summed E-state index contributed by atoms with van der Waals surface area (Å²) in [5.74, 6) is -0.208. The Morgan fingerprint density at radius 2 is 2.20 bits per heavy atom. The molecule has 15 heavy (non-hydrogen) atoms. The van der Waals surface area contributed by atoms with Gasteiger partial charge in [0.05, 0.1) is 0 Å². The van der Waals surface area contributed by atoms with Crippen LogP contribution in [0.15, 0.2) is 18.2 Å². The summed E-state index contributed by atoms with van der Waals surface area (Å²) in [6, 6.07) is 3.21. The van der Waals surface area contributed by atoms with E-state index in [1.807, 2.05) is 19.1 Å². The highest BCUT2D eigenvalue weighted by atomic mass is 19.1. The van der Waals surface area contributed by atoms with Gasteiger partial charge in [0.15, 0.2) is 0 Å². The molecule has 2 rings (SSSR count). The maximum Gasteiger partial charge on any atom is 0.133 e. The van der Waals surface area contributed by atoms with Crippen LogP contribution in [0, 0.1) is 12.7 Å². The number of hydrogen-bond donors (Lipinski definition) is 2. The molecule has 3 N–H and O–H groups in total. The van der Waals surface area contributed by atoms with Gasteiger partial charge in [0.25, 0.3) is 0 Å². The van der Waals surface area contributed by atoms with Gasteiger partial charge >= 0.3 is 0 Å². The van der Waals surface area contributed by atoms with Crippen molar-refractivity contribution >= 4 is 11.3 Å². The zero-order chi connectivity index (χ0) is 10.8. The molecular weight excluding hydrogens is 191 g/mol. The van der Waals surface area contributed by atoms with Crippen LogP contribution in [0.4, 0.5) is 10.1 Å². The van der Waals surface area contributed by atoms with Crippen molar-refractivity contribution in [1.29, 1.82) is 0 Å². The number of hydrogen-bond acceptors (Lipinski definition) is 2. The van der Waals surface area contributed by atoms with Gasteiger partial charge in [-0.05, 0) is 43.2 Å². The number of halogens is 1. The molecule has 1 aromatic rings. The van der Waals surface area contributed by atoms with E-state index in [0.29, 0.717) is 5.69 Å². The van der Waals surface area contributed by atoms with Gasteiger partial charge in [-0.3, -0.25) is 0 Å². The summed E-state index contributed by atoms with van der Waals surface area (Å²) in [4.78, 5) is 0. The Morgan fingerprint density at radius 1 is 1.40 bits per heavy atom. The number of benzene rings is 1. The molecule has 0 aromatic heterocycles. The van der Waals surface area contributed by atoms with Gasteiger partial charge in [-0.15, -0.1) is 0 Å². The molecule has 3 heteroatoms. The normalized spacial score (nSPS) is 16.3. The fraction of sp³-hybridized carbons (Fsp3) is 0.333. The van der Waals surface area contributed by atoms with Crippen molar-refractivity contribution in [2.45, 2.75) is 13.3 Å². The molecule has 0 saturated carbocycles. The molecule has 0 spiro atoms. The highest BCUT2D eigenvalue weighted by Gasteiger charge is 2.13. The zero-order valence-corrected chi connectivity index (χ0v) is 8.81. The average Bonchev–Trinajstić information content (AvgIpc) is 2.17. The van der Waals surface area contributed by atoms with E-state index in [4.69, 9.17) is 5.73 Å². The molecule has 1 aliphatic rings. The lowest BCUT2D eigenvalue weighted by Gasteiger charge is -2.17. The molecule has 1 heterocycles. The van der Waals surface area contributed by atoms with Crippen molar-refractivity contribution in [3.8, 4) is 0 Å². The summed E-state index contributed by atoms with van der Waals surface area (Å²) in [7, 11) is 0. The van der Waals surface area contributed by atoms with Gasteiger partial charge in [0, 0.05) is 17.8 Å². The molecular formula is C12H15FN2. The van der Waals surface area contributed by atoms with Crippen LogP contribution in [0.25, 0.3) is 5.57 Å². The van der Waals surface area contributed by atoms with Crippen LogP contribution in [0.1, 0.15) is 17.5 Å². The highest BCUT2D eigenvalue weighted by Crippen LogP contribution is 2.27. The van der Waals surface area contributed by atoms with E-state index in [-0.39, 0.29) is 5.82 Å². The first-order valence-electron chi connectivity index (χ1n) is 5.14. The Balaban J connectivity index is 2.47. The topological polar surface area (TPSA) is 38.0 Å². The van der Waals surface area contributed by atoms with Crippen molar-refractivity contribution in [3.05, 3.63) is 35.2 Å². The van der Waals surface area contributed by atoms with Crippen LogP contribution in [0.2, 0.25) is 0 Å². The quantitative estimate of drug-likeness (QED) is 0.690. The summed E-state index contributed by atoms with van der Waals surface area (Å²) < 4.78 is 13.8. The first-order valence-corrected chi connectivity index (χ1v) is 5.14. The molecule has 1 aromatic carbocycles. The van der Waals surface area contributed by atoms with E-state index >= 15 is 0 Å². The molecule has 2 nitrogen and oxygen atoms in total. The molecule has 0 bridgehead atoms. The predicted octanol–water partition coefficient (Wildman–Crippen LogP) is 2.09. The number of nitrogens with one attached hydrogen (secondary N) is 1. The summed E-state index contributed by atoms with van der Waals surface area (Å²) in [6.45, 7) is 3.63. The molecule has 80 valence electrons. The highest BCUT2D eigenvalue weighted by molar-refractivity contribution is 5.71.